The molecule has 1 N–H and O–H groups in total. The van der Waals surface area contributed by atoms with E-state index in [1.807, 2.05) is 35.8 Å². The summed E-state index contributed by atoms with van der Waals surface area (Å²) < 4.78 is 6.54. The number of carbonyl (C=O) groups is 1. The van der Waals surface area contributed by atoms with Crippen molar-refractivity contribution in [2.45, 2.75) is 6.92 Å². The fraction of sp³-hybridized carbons (Fsp3) is 0.100. The number of anilines is 2. The lowest BCUT2D eigenvalue weighted by molar-refractivity contribution is 0.0601. The van der Waals surface area contributed by atoms with Crippen LogP contribution in [0.25, 0.3) is 16.8 Å². The van der Waals surface area contributed by atoms with Gasteiger partial charge in [0.1, 0.15) is 5.82 Å². The van der Waals surface area contributed by atoms with Gasteiger partial charge < -0.3 is 10.1 Å². The number of esters is 1. The van der Waals surface area contributed by atoms with Crippen LogP contribution in [0.1, 0.15) is 16.1 Å². The zero-order chi connectivity index (χ0) is 18.8. The van der Waals surface area contributed by atoms with Crippen molar-refractivity contribution in [2.24, 2.45) is 0 Å². The summed E-state index contributed by atoms with van der Waals surface area (Å²) in [4.78, 5) is 20.5. The third-order valence-electron chi connectivity index (χ3n) is 4.18. The molecule has 0 aliphatic carbocycles. The maximum absolute atomic E-state index is 11.5. The Balaban J connectivity index is 1.65. The highest BCUT2D eigenvalue weighted by atomic mass is 16.5. The Kier molecular flexibility index (Phi) is 4.25. The molecule has 4 aromatic rings. The number of methoxy groups -OCH3 is 1. The normalized spacial score (nSPS) is 10.7. The lowest BCUT2D eigenvalue weighted by atomic mass is 10.1. The molecule has 0 aliphatic rings. The van der Waals surface area contributed by atoms with Gasteiger partial charge in [0.15, 0.2) is 0 Å². The molecule has 0 saturated carbocycles. The van der Waals surface area contributed by atoms with Crippen LogP contribution in [0.5, 0.6) is 0 Å². The maximum Gasteiger partial charge on any atom is 0.337 e. The van der Waals surface area contributed by atoms with Gasteiger partial charge in [-0.25, -0.2) is 14.3 Å². The molecule has 0 spiro atoms. The lowest BCUT2D eigenvalue weighted by Crippen LogP contribution is -2.01. The van der Waals surface area contributed by atoms with Crippen LogP contribution >= 0.6 is 0 Å². The third kappa shape index (κ3) is 3.22. The summed E-state index contributed by atoms with van der Waals surface area (Å²) in [6, 6.07) is 12.9. The number of carbonyl (C=O) groups excluding carboxylic acids is 1. The number of nitrogens with zero attached hydrogens (tertiary/aromatic N) is 4. The van der Waals surface area contributed by atoms with E-state index in [2.05, 4.69) is 20.4 Å². The summed E-state index contributed by atoms with van der Waals surface area (Å²) in [5.74, 6) is 0.236. The number of hydrogen-bond acceptors (Lipinski definition) is 6. The summed E-state index contributed by atoms with van der Waals surface area (Å²) in [5.41, 5.74) is 4.84. The number of nitrogens with one attached hydrogen (secondary N) is 1. The maximum atomic E-state index is 11.5. The molecule has 27 heavy (non-hydrogen) atoms. The van der Waals surface area contributed by atoms with Crippen LogP contribution in [-0.2, 0) is 4.74 Å². The quantitative estimate of drug-likeness (QED) is 0.560. The number of benzene rings is 1. The lowest BCUT2D eigenvalue weighted by Gasteiger charge is -2.08. The predicted octanol–water partition coefficient (Wildman–Crippen LogP) is 3.63. The van der Waals surface area contributed by atoms with E-state index in [0.29, 0.717) is 11.4 Å². The Hall–Kier alpha value is -3.74. The Labute approximate surface area is 155 Å². The molecule has 0 bridgehead atoms. The van der Waals surface area contributed by atoms with Gasteiger partial charge in [0.25, 0.3) is 0 Å². The average Bonchev–Trinajstić information content (AvgIpc) is 3.04. The first kappa shape index (κ1) is 16.7. The van der Waals surface area contributed by atoms with Crippen molar-refractivity contribution in [2.75, 3.05) is 12.4 Å². The molecule has 0 unspecified atom stereocenters. The second-order valence-electron chi connectivity index (χ2n) is 5.97. The molecule has 3 aromatic heterocycles. The fourth-order valence-corrected chi connectivity index (χ4v) is 2.94. The fourth-order valence-electron chi connectivity index (χ4n) is 2.94. The first-order valence-corrected chi connectivity index (χ1v) is 8.37. The molecule has 0 fully saturated rings. The molecule has 4 rings (SSSR count). The largest absolute Gasteiger partial charge is 0.465 e. The van der Waals surface area contributed by atoms with Gasteiger partial charge >= 0.3 is 5.97 Å². The molecule has 3 heterocycles. The molecule has 7 heteroatoms. The zero-order valence-corrected chi connectivity index (χ0v) is 14.9. The molecular weight excluding hydrogens is 342 g/mol. The number of fused-ring (bicyclic) bond motifs is 1. The molecule has 0 aliphatic heterocycles. The minimum Gasteiger partial charge on any atom is -0.465 e. The number of aryl methyl sites for hydroxylation is 1. The second-order valence-corrected chi connectivity index (χ2v) is 5.97. The van der Waals surface area contributed by atoms with Crippen LogP contribution in [0, 0.1) is 6.92 Å². The monoisotopic (exact) mass is 359 g/mol. The highest BCUT2D eigenvalue weighted by Gasteiger charge is 2.13. The summed E-state index contributed by atoms with van der Waals surface area (Å²) in [7, 11) is 1.36. The van der Waals surface area contributed by atoms with Crippen LogP contribution in [0.4, 0.5) is 11.5 Å². The molecule has 0 radical (unpaired) electrons. The zero-order valence-electron chi connectivity index (χ0n) is 14.9. The Bertz CT molecular complexity index is 1120. The summed E-state index contributed by atoms with van der Waals surface area (Å²) in [5, 5.41) is 7.73. The third-order valence-corrected chi connectivity index (χ3v) is 4.18. The van der Waals surface area contributed by atoms with E-state index in [1.165, 1.54) is 7.11 Å². The van der Waals surface area contributed by atoms with Gasteiger partial charge in [-0.3, -0.25) is 4.98 Å². The highest BCUT2D eigenvalue weighted by molar-refractivity contribution is 5.89. The molecule has 0 atom stereocenters. The Morgan fingerprint density at radius 1 is 1.11 bits per heavy atom. The van der Waals surface area contributed by atoms with Crippen LogP contribution in [0.15, 0.2) is 61.1 Å². The number of pyridine rings is 1. The van der Waals surface area contributed by atoms with Crippen molar-refractivity contribution in [3.63, 3.8) is 0 Å². The first-order valence-electron chi connectivity index (χ1n) is 8.37. The van der Waals surface area contributed by atoms with Gasteiger partial charge in [-0.1, -0.05) is 6.07 Å². The van der Waals surface area contributed by atoms with Gasteiger partial charge in [-0.2, -0.15) is 5.10 Å². The van der Waals surface area contributed by atoms with E-state index in [4.69, 9.17) is 4.74 Å². The van der Waals surface area contributed by atoms with Gasteiger partial charge in [0.2, 0.25) is 0 Å². The molecule has 0 saturated heterocycles. The van der Waals surface area contributed by atoms with E-state index in [1.54, 1.807) is 36.7 Å². The standard InChI is InChI=1S/C20H17N5O2/c1-13-19(17-5-3-4-10-25(17)24-13)16-11-21-12-18(23-16)22-15-8-6-14(7-9-15)20(26)27-2/h3-12H,1-2H3,(H,22,23). The summed E-state index contributed by atoms with van der Waals surface area (Å²) in [6.45, 7) is 1.95. The van der Waals surface area contributed by atoms with Gasteiger partial charge in [0.05, 0.1) is 47.5 Å². The number of ether oxygens (including phenoxy) is 1. The Morgan fingerprint density at radius 2 is 1.93 bits per heavy atom. The summed E-state index contributed by atoms with van der Waals surface area (Å²) in [6.07, 6.45) is 5.28. The van der Waals surface area contributed by atoms with Crippen LogP contribution in [0.2, 0.25) is 0 Å². The van der Waals surface area contributed by atoms with E-state index in [0.717, 1.165) is 28.2 Å². The van der Waals surface area contributed by atoms with Gasteiger partial charge in [-0.15, -0.1) is 0 Å². The van der Waals surface area contributed by atoms with Gasteiger partial charge in [-0.05, 0) is 43.3 Å². The predicted molar refractivity (Wildman–Crippen MR) is 102 cm³/mol. The second kappa shape index (κ2) is 6.87. The van der Waals surface area contributed by atoms with Crippen LogP contribution in [-0.4, -0.2) is 32.7 Å². The number of rotatable bonds is 4. The number of aromatic nitrogens is 4. The van der Waals surface area contributed by atoms with Crippen LogP contribution in [0.3, 0.4) is 0 Å². The molecule has 7 nitrogen and oxygen atoms in total. The van der Waals surface area contributed by atoms with E-state index in [9.17, 15) is 4.79 Å². The number of hydrogen-bond donors (Lipinski definition) is 1. The van der Waals surface area contributed by atoms with Crippen molar-refractivity contribution >= 4 is 23.0 Å². The Morgan fingerprint density at radius 3 is 2.70 bits per heavy atom. The smallest absolute Gasteiger partial charge is 0.337 e. The SMILES string of the molecule is COC(=O)c1ccc(Nc2cncc(-c3c(C)nn4ccccc34)n2)cc1. The highest BCUT2D eigenvalue weighted by Crippen LogP contribution is 2.27. The first-order chi connectivity index (χ1) is 13.2. The van der Waals surface area contributed by atoms with E-state index in [-0.39, 0.29) is 5.97 Å². The van der Waals surface area contributed by atoms with E-state index >= 15 is 0 Å². The van der Waals surface area contributed by atoms with Crippen molar-refractivity contribution in [1.82, 2.24) is 19.6 Å². The van der Waals surface area contributed by atoms with Crippen molar-refractivity contribution in [3.8, 4) is 11.3 Å². The van der Waals surface area contributed by atoms with Crippen LogP contribution < -0.4 is 5.32 Å². The molecule has 1 aromatic carbocycles. The minimum absolute atomic E-state index is 0.369. The van der Waals surface area contributed by atoms with Crippen molar-refractivity contribution in [1.29, 1.82) is 0 Å². The van der Waals surface area contributed by atoms with Crippen molar-refractivity contribution < 1.29 is 9.53 Å². The minimum atomic E-state index is -0.369. The summed E-state index contributed by atoms with van der Waals surface area (Å²) >= 11 is 0. The molecular formula is C20H17N5O2. The average molecular weight is 359 g/mol. The van der Waals surface area contributed by atoms with Gasteiger partial charge in [0, 0.05) is 11.9 Å². The molecule has 0 amide bonds. The molecule has 134 valence electrons. The topological polar surface area (TPSA) is 81.4 Å². The van der Waals surface area contributed by atoms with Crippen molar-refractivity contribution in [3.05, 3.63) is 72.3 Å². The van der Waals surface area contributed by atoms with E-state index < -0.39 is 0 Å².